The highest BCUT2D eigenvalue weighted by molar-refractivity contribution is 6.00. The quantitative estimate of drug-likeness (QED) is 0.463. The minimum atomic E-state index is -4.83. The van der Waals surface area contributed by atoms with Gasteiger partial charge in [-0.2, -0.15) is 8.78 Å². The van der Waals surface area contributed by atoms with E-state index in [9.17, 15) is 27.5 Å². The Morgan fingerprint density at radius 3 is 2.24 bits per heavy atom. The Labute approximate surface area is 94.2 Å². The average Bonchev–Trinajstić information content (AvgIpc) is 2.29. The maximum atomic E-state index is 12.5. The zero-order chi connectivity index (χ0) is 13.1. The summed E-state index contributed by atoms with van der Waals surface area (Å²) in [4.78, 5) is 10.8. The van der Waals surface area contributed by atoms with Crippen molar-refractivity contribution >= 4 is 11.5 Å². The SMILES string of the molecule is O=C(/C=C(\[O-])c1ccccc1)C(F)(F)C(F)F. The first-order chi connectivity index (χ1) is 7.85. The fourth-order valence-corrected chi connectivity index (χ4v) is 1.01. The summed E-state index contributed by atoms with van der Waals surface area (Å²) >= 11 is 0. The van der Waals surface area contributed by atoms with Gasteiger partial charge in [0.1, 0.15) is 0 Å². The maximum Gasteiger partial charge on any atom is 0.368 e. The second-order valence-electron chi connectivity index (χ2n) is 3.16. The van der Waals surface area contributed by atoms with Gasteiger partial charge in [0.05, 0.1) is 0 Å². The number of hydrogen-bond donors (Lipinski definition) is 0. The fraction of sp³-hybridized carbons (Fsp3) is 0.182. The van der Waals surface area contributed by atoms with Gasteiger partial charge in [-0.25, -0.2) is 8.78 Å². The average molecular weight is 247 g/mol. The predicted molar refractivity (Wildman–Crippen MR) is 50.4 cm³/mol. The first-order valence-corrected chi connectivity index (χ1v) is 4.50. The number of hydrogen-bond acceptors (Lipinski definition) is 2. The van der Waals surface area contributed by atoms with Crippen LogP contribution in [0.2, 0.25) is 0 Å². The van der Waals surface area contributed by atoms with Crippen LogP contribution in [0, 0.1) is 0 Å². The molecule has 0 aliphatic heterocycles. The molecule has 0 bridgehead atoms. The highest BCUT2D eigenvalue weighted by Gasteiger charge is 2.47. The van der Waals surface area contributed by atoms with Gasteiger partial charge in [-0.3, -0.25) is 4.79 Å². The van der Waals surface area contributed by atoms with Crippen LogP contribution >= 0.6 is 0 Å². The normalized spacial score (nSPS) is 12.9. The highest BCUT2D eigenvalue weighted by atomic mass is 19.3. The number of benzene rings is 1. The van der Waals surface area contributed by atoms with E-state index in [1.165, 1.54) is 24.3 Å². The molecule has 0 saturated carbocycles. The van der Waals surface area contributed by atoms with Crippen LogP contribution in [0.4, 0.5) is 17.6 Å². The summed E-state index contributed by atoms with van der Waals surface area (Å²) in [7, 11) is 0. The third kappa shape index (κ3) is 3.05. The van der Waals surface area contributed by atoms with Gasteiger partial charge in [0.2, 0.25) is 5.78 Å². The number of alkyl halides is 4. The number of allylic oxidation sites excluding steroid dienone is 1. The van der Waals surface area contributed by atoms with Crippen molar-refractivity contribution in [1.82, 2.24) is 0 Å². The van der Waals surface area contributed by atoms with Gasteiger partial charge in [-0.05, 0) is 11.6 Å². The lowest BCUT2D eigenvalue weighted by Gasteiger charge is -2.15. The molecule has 1 rings (SSSR count). The van der Waals surface area contributed by atoms with E-state index in [1.807, 2.05) is 0 Å². The Morgan fingerprint density at radius 1 is 1.24 bits per heavy atom. The topological polar surface area (TPSA) is 40.1 Å². The maximum absolute atomic E-state index is 12.5. The predicted octanol–water partition coefficient (Wildman–Crippen LogP) is 1.86. The monoisotopic (exact) mass is 247 g/mol. The molecule has 0 aliphatic rings. The Bertz CT molecular complexity index is 426. The van der Waals surface area contributed by atoms with Gasteiger partial charge in [0, 0.05) is 0 Å². The van der Waals surface area contributed by atoms with E-state index in [2.05, 4.69) is 0 Å². The summed E-state index contributed by atoms with van der Waals surface area (Å²) in [6.07, 6.45) is -4.14. The van der Waals surface area contributed by atoms with E-state index in [4.69, 9.17) is 0 Å². The fourth-order valence-electron chi connectivity index (χ4n) is 1.01. The molecule has 0 unspecified atom stereocenters. The third-order valence-electron chi connectivity index (χ3n) is 1.92. The lowest BCUT2D eigenvalue weighted by atomic mass is 10.1. The van der Waals surface area contributed by atoms with Gasteiger partial charge in [-0.1, -0.05) is 36.1 Å². The van der Waals surface area contributed by atoms with Crippen molar-refractivity contribution in [1.29, 1.82) is 0 Å². The summed E-state index contributed by atoms with van der Waals surface area (Å²) in [5.41, 5.74) is -0.0223. The van der Waals surface area contributed by atoms with Gasteiger partial charge in [0.15, 0.2) is 0 Å². The Balaban J connectivity index is 2.94. The van der Waals surface area contributed by atoms with E-state index in [0.717, 1.165) is 0 Å². The van der Waals surface area contributed by atoms with Crippen LogP contribution in [-0.4, -0.2) is 18.1 Å². The van der Waals surface area contributed by atoms with Crippen LogP contribution < -0.4 is 5.11 Å². The van der Waals surface area contributed by atoms with Crippen molar-refractivity contribution in [3.63, 3.8) is 0 Å². The second-order valence-corrected chi connectivity index (χ2v) is 3.16. The van der Waals surface area contributed by atoms with Crippen molar-refractivity contribution in [3.05, 3.63) is 42.0 Å². The van der Waals surface area contributed by atoms with Crippen molar-refractivity contribution in [2.45, 2.75) is 12.3 Å². The number of ketones is 1. The Morgan fingerprint density at radius 2 is 1.76 bits per heavy atom. The molecule has 1 aromatic carbocycles. The molecule has 6 heteroatoms. The summed E-state index contributed by atoms with van der Waals surface area (Å²) in [5, 5.41) is 11.3. The van der Waals surface area contributed by atoms with E-state index in [1.54, 1.807) is 6.07 Å². The van der Waals surface area contributed by atoms with Crippen molar-refractivity contribution < 1.29 is 27.5 Å². The van der Waals surface area contributed by atoms with Crippen LogP contribution in [0.5, 0.6) is 0 Å². The molecule has 0 fully saturated rings. The van der Waals surface area contributed by atoms with E-state index in [0.29, 0.717) is 0 Å². The van der Waals surface area contributed by atoms with E-state index in [-0.39, 0.29) is 11.6 Å². The Kier molecular flexibility index (Phi) is 3.88. The van der Waals surface area contributed by atoms with Crippen molar-refractivity contribution in [2.75, 3.05) is 0 Å². The van der Waals surface area contributed by atoms with Crippen molar-refractivity contribution in [3.8, 4) is 0 Å². The van der Waals surface area contributed by atoms with Crippen LogP contribution in [0.3, 0.4) is 0 Å². The highest BCUT2D eigenvalue weighted by Crippen LogP contribution is 2.25. The zero-order valence-electron chi connectivity index (χ0n) is 8.37. The van der Waals surface area contributed by atoms with Gasteiger partial charge < -0.3 is 5.11 Å². The molecule has 0 heterocycles. The molecule has 0 aromatic heterocycles. The van der Waals surface area contributed by atoms with Crippen LogP contribution in [0.1, 0.15) is 5.56 Å². The molecule has 92 valence electrons. The molecule has 0 spiro atoms. The third-order valence-corrected chi connectivity index (χ3v) is 1.92. The van der Waals surface area contributed by atoms with E-state index >= 15 is 0 Å². The van der Waals surface area contributed by atoms with Gasteiger partial charge in [-0.15, -0.1) is 0 Å². The number of rotatable bonds is 4. The minimum absolute atomic E-state index is 0.0124. The molecular formula is C11H7F4O2-. The molecule has 2 nitrogen and oxygen atoms in total. The molecule has 0 radical (unpaired) electrons. The lowest BCUT2D eigenvalue weighted by Crippen LogP contribution is -2.35. The summed E-state index contributed by atoms with van der Waals surface area (Å²) in [6.45, 7) is 0. The lowest BCUT2D eigenvalue weighted by molar-refractivity contribution is -0.244. The summed E-state index contributed by atoms with van der Waals surface area (Å²) in [6, 6.07) is 7.05. The molecule has 0 atom stereocenters. The standard InChI is InChI=1S/C11H8F4O2/c12-10(13)11(14,15)9(17)6-8(16)7-4-2-1-3-5-7/h1-6,10,16H/p-1/b8-6-. The molecule has 0 saturated heterocycles. The first kappa shape index (κ1) is 13.2. The van der Waals surface area contributed by atoms with Crippen LogP contribution in [0.15, 0.2) is 36.4 Å². The van der Waals surface area contributed by atoms with Crippen LogP contribution in [-0.2, 0) is 4.79 Å². The molecule has 1 aromatic rings. The van der Waals surface area contributed by atoms with Gasteiger partial charge in [0.25, 0.3) is 0 Å². The van der Waals surface area contributed by atoms with Gasteiger partial charge >= 0.3 is 12.3 Å². The number of carbonyl (C=O) groups is 1. The molecule has 0 amide bonds. The molecule has 17 heavy (non-hydrogen) atoms. The second kappa shape index (κ2) is 4.99. The first-order valence-electron chi connectivity index (χ1n) is 4.50. The minimum Gasteiger partial charge on any atom is -0.872 e. The summed E-state index contributed by atoms with van der Waals surface area (Å²) < 4.78 is 48.7. The number of halogens is 4. The van der Waals surface area contributed by atoms with Crippen molar-refractivity contribution in [2.24, 2.45) is 0 Å². The molecular weight excluding hydrogens is 240 g/mol. The number of carbonyl (C=O) groups excluding carboxylic acids is 1. The van der Waals surface area contributed by atoms with E-state index < -0.39 is 23.9 Å². The smallest absolute Gasteiger partial charge is 0.368 e. The Hall–Kier alpha value is -1.85. The molecule has 0 aliphatic carbocycles. The largest absolute Gasteiger partial charge is 0.872 e. The zero-order valence-corrected chi connectivity index (χ0v) is 8.37. The summed E-state index contributed by atoms with van der Waals surface area (Å²) in [5.74, 6) is -8.05. The molecule has 0 N–H and O–H groups in total. The van der Waals surface area contributed by atoms with Crippen LogP contribution in [0.25, 0.3) is 5.76 Å².